The minimum Gasteiger partial charge on any atom is 0 e. The van der Waals surface area contributed by atoms with Crippen molar-refractivity contribution >= 4 is 0 Å². The van der Waals surface area contributed by atoms with E-state index in [-0.39, 0.29) is 2010 Å². The molecule has 0 aromatic rings. The first-order valence-electron chi connectivity index (χ1n) is 0. The van der Waals surface area contributed by atoms with E-state index in [9.17, 15) is 0 Å². The molecule has 0 aliphatic carbocycles. The number of rotatable bonds is 0. The van der Waals surface area contributed by atoms with E-state index in [1.807, 2.05) is 0 Å². The van der Waals surface area contributed by atoms with Gasteiger partial charge in [0.2, 0.25) is 0 Å². The van der Waals surface area contributed by atoms with Crippen LogP contribution in [0.4, 0.5) is 0 Å². The van der Waals surface area contributed by atoms with Crippen LogP contribution in [-0.4, -0.2) is 0 Å². The third-order valence-corrected chi connectivity index (χ3v) is 0. The third-order valence-electron chi connectivity index (χ3n) is 0. The van der Waals surface area contributed by atoms with Crippen LogP contribution < -0.4 is 0 Å². The molecule has 0 unspecified atom stereocenters. The van der Waals surface area contributed by atoms with E-state index in [1.165, 1.54) is 0 Å². The molecular weight excluding hydrogens is 8260 g/mol. The Morgan fingerprint density at radius 2 is 0.0192 bits per heavy atom. The van der Waals surface area contributed by atoms with Crippen LogP contribution in [0, 0.1) is 2010 Å². The predicted molar refractivity (Wildman–Crippen MR) is 0 cm³/mol. The molecule has 0 spiro atoms. The fourth-order valence-electron chi connectivity index (χ4n) is 0. The average molecular weight is 8260 g/mol. The zero-order valence-corrected chi connectivity index (χ0v) is 129. The molecule has 0 aliphatic heterocycles. The standard InChI is InChI=1S/52Tb. The van der Waals surface area contributed by atoms with Crippen LogP contribution in [-0.2, 0) is 0 Å². The van der Waals surface area contributed by atoms with Crippen molar-refractivity contribution in [1.82, 2.24) is 0 Å². The Labute approximate surface area is 1920 Å². The minimum absolute atomic E-state index is 0. The van der Waals surface area contributed by atoms with Crippen LogP contribution in [0.3, 0.4) is 0 Å². The maximum absolute atomic E-state index is 0. The van der Waals surface area contributed by atoms with Gasteiger partial charge in [0.15, 0.2) is 0 Å². The van der Waals surface area contributed by atoms with Crippen molar-refractivity contribution in [3.8, 4) is 0 Å². The van der Waals surface area contributed by atoms with Gasteiger partial charge in [0, 0.05) is 2010 Å². The first kappa shape index (κ1) is 369. The molecule has 0 heterocycles. The topological polar surface area (TPSA) is 0 Å². The summed E-state index contributed by atoms with van der Waals surface area (Å²) in [6, 6.07) is 0. The van der Waals surface area contributed by atoms with Crippen LogP contribution in [0.5, 0.6) is 0 Å². The fourth-order valence-corrected chi connectivity index (χ4v) is 0. The van der Waals surface area contributed by atoms with Gasteiger partial charge in [0.05, 0.1) is 0 Å². The third kappa shape index (κ3) is 351. The van der Waals surface area contributed by atoms with Crippen molar-refractivity contribution < 1.29 is 2010 Å². The van der Waals surface area contributed by atoms with Crippen LogP contribution >= 0.6 is 0 Å². The Kier molecular flexibility index (Phi) is 2560. The van der Waals surface area contributed by atoms with E-state index >= 15 is 0 Å². The van der Waals surface area contributed by atoms with E-state index in [2.05, 4.69) is 0 Å². The van der Waals surface area contributed by atoms with Gasteiger partial charge in [-0.15, -0.1) is 0 Å². The van der Waals surface area contributed by atoms with Crippen LogP contribution in [0.25, 0.3) is 0 Å². The first-order chi connectivity index (χ1) is 0. The second-order valence-corrected chi connectivity index (χ2v) is 0. The normalized spacial score (nSPS) is 0. The molecule has 0 rings (SSSR count). The summed E-state index contributed by atoms with van der Waals surface area (Å²) in [5, 5.41) is 0. The summed E-state index contributed by atoms with van der Waals surface area (Å²) in [6.07, 6.45) is 0. The molecule has 0 aromatic carbocycles. The fraction of sp³-hybridized carbons (Fsp3) is 0. The Morgan fingerprint density at radius 1 is 0.0192 bits per heavy atom. The molecule has 52 radical (unpaired) electrons. The molecule has 0 saturated carbocycles. The quantitative estimate of drug-likeness (QED) is 0.321. The first-order valence-corrected chi connectivity index (χ1v) is 0. The second-order valence-electron chi connectivity index (χ2n) is 0. The molecule has 52 heavy (non-hydrogen) atoms. The van der Waals surface area contributed by atoms with E-state index in [0.29, 0.717) is 0 Å². The average Bonchev–Trinajstić information content (AvgIpc) is 0. The molecule has 0 aliphatic rings. The van der Waals surface area contributed by atoms with Crippen molar-refractivity contribution in [2.45, 2.75) is 0 Å². The molecule has 468 valence electrons. The van der Waals surface area contributed by atoms with Crippen LogP contribution in [0.15, 0.2) is 0 Å². The molecule has 0 aromatic heterocycles. The number of hydrogen-bond acceptors (Lipinski definition) is 0. The SMILES string of the molecule is [Tb].[Tb].[Tb].[Tb].[Tb].[Tb].[Tb].[Tb].[Tb].[Tb].[Tb].[Tb].[Tb].[Tb].[Tb].[Tb].[Tb].[Tb].[Tb].[Tb].[Tb].[Tb].[Tb].[Tb].[Tb].[Tb].[Tb].[Tb].[Tb].[Tb].[Tb].[Tb].[Tb].[Tb].[Tb].[Tb].[Tb].[Tb].[Tb].[Tb].[Tb].[Tb].[Tb].[Tb].[Tb].[Tb].[Tb].[Tb].[Tb].[Tb].[Tb].[Tb]. The second kappa shape index (κ2) is 360. The summed E-state index contributed by atoms with van der Waals surface area (Å²) in [7, 11) is 0. The monoisotopic (exact) mass is 8260 g/mol. The molecular formula is Tb52. The summed E-state index contributed by atoms with van der Waals surface area (Å²) in [5.41, 5.74) is 0. The van der Waals surface area contributed by atoms with Gasteiger partial charge in [-0.1, -0.05) is 0 Å². The molecule has 0 N–H and O–H groups in total. The Bertz CT molecular complexity index is 0. The van der Waals surface area contributed by atoms with Crippen molar-refractivity contribution in [2.24, 2.45) is 0 Å². The van der Waals surface area contributed by atoms with Crippen LogP contribution in [0.2, 0.25) is 0 Å². The molecule has 0 fully saturated rings. The molecule has 0 nitrogen and oxygen atoms in total. The smallest absolute Gasteiger partial charge is 0 e. The Balaban J connectivity index is 0. The molecule has 52 heteroatoms. The number of hydrogen-bond donors (Lipinski definition) is 0. The van der Waals surface area contributed by atoms with E-state index < -0.39 is 0 Å². The summed E-state index contributed by atoms with van der Waals surface area (Å²) < 4.78 is 0. The Morgan fingerprint density at radius 3 is 0.0192 bits per heavy atom. The van der Waals surface area contributed by atoms with Crippen molar-refractivity contribution in [1.29, 1.82) is 0 Å². The zero-order valence-electron chi connectivity index (χ0n) is 17.3. The molecule has 0 atom stereocenters. The van der Waals surface area contributed by atoms with E-state index in [1.54, 1.807) is 0 Å². The van der Waals surface area contributed by atoms with Crippen molar-refractivity contribution in [3.63, 3.8) is 0 Å². The van der Waals surface area contributed by atoms with Gasteiger partial charge in [-0.25, -0.2) is 0 Å². The summed E-state index contributed by atoms with van der Waals surface area (Å²) >= 11 is 0. The van der Waals surface area contributed by atoms with Gasteiger partial charge in [-0.3, -0.25) is 0 Å². The predicted octanol–water partition coefficient (Wildman–Crippen LogP) is 0. The van der Waals surface area contributed by atoms with Crippen molar-refractivity contribution in [3.05, 3.63) is 0 Å². The van der Waals surface area contributed by atoms with Crippen molar-refractivity contribution in [2.75, 3.05) is 0 Å². The van der Waals surface area contributed by atoms with Gasteiger partial charge in [0.1, 0.15) is 0 Å². The zero-order chi connectivity index (χ0) is 0. The van der Waals surface area contributed by atoms with Crippen LogP contribution in [0.1, 0.15) is 0 Å². The summed E-state index contributed by atoms with van der Waals surface area (Å²) in [4.78, 5) is 0. The van der Waals surface area contributed by atoms with Gasteiger partial charge >= 0.3 is 0 Å². The van der Waals surface area contributed by atoms with E-state index in [0.717, 1.165) is 0 Å². The Hall–Kier alpha value is 66.9. The van der Waals surface area contributed by atoms with Gasteiger partial charge in [-0.05, 0) is 0 Å². The van der Waals surface area contributed by atoms with Gasteiger partial charge in [-0.2, -0.15) is 0 Å². The molecule has 0 amide bonds. The summed E-state index contributed by atoms with van der Waals surface area (Å²) in [6.45, 7) is 0. The maximum Gasteiger partial charge on any atom is 0 e. The largest absolute Gasteiger partial charge is 0 e. The summed E-state index contributed by atoms with van der Waals surface area (Å²) in [5.74, 6) is 0. The molecule has 0 saturated heterocycles. The van der Waals surface area contributed by atoms with Gasteiger partial charge < -0.3 is 0 Å². The molecule has 0 bridgehead atoms. The minimum atomic E-state index is 0. The van der Waals surface area contributed by atoms with E-state index in [4.69, 9.17) is 0 Å². The maximum atomic E-state index is 0. The van der Waals surface area contributed by atoms with Gasteiger partial charge in [0.25, 0.3) is 0 Å².